The Morgan fingerprint density at radius 3 is 2.59 bits per heavy atom. The van der Waals surface area contributed by atoms with Crippen molar-refractivity contribution in [3.63, 3.8) is 0 Å². The molecule has 17 heavy (non-hydrogen) atoms. The van der Waals surface area contributed by atoms with Crippen LogP contribution in [0.3, 0.4) is 0 Å². The second-order valence-corrected chi connectivity index (χ2v) is 6.28. The van der Waals surface area contributed by atoms with Gasteiger partial charge < -0.3 is 5.11 Å². The van der Waals surface area contributed by atoms with Crippen molar-refractivity contribution < 1.29 is 22.7 Å². The van der Waals surface area contributed by atoms with Crippen LogP contribution >= 0.6 is 11.6 Å². The minimum Gasteiger partial charge on any atom is -0.480 e. The largest absolute Gasteiger partial charge is 0.480 e. The molecule has 0 aliphatic rings. The van der Waals surface area contributed by atoms with E-state index in [1.165, 1.54) is 12.1 Å². The molecule has 1 rings (SSSR count). The van der Waals surface area contributed by atoms with Crippen molar-refractivity contribution in [2.75, 3.05) is 0 Å². The zero-order chi connectivity index (χ0) is 13.2. The highest BCUT2D eigenvalue weighted by molar-refractivity contribution is 7.91. The highest BCUT2D eigenvalue weighted by atomic mass is 35.5. The van der Waals surface area contributed by atoms with E-state index in [2.05, 4.69) is 0 Å². The Hall–Kier alpha value is -1.14. The predicted molar refractivity (Wildman–Crippen MR) is 61.1 cm³/mol. The Bertz CT molecular complexity index is 541. The third-order valence-electron chi connectivity index (χ3n) is 2.26. The Morgan fingerprint density at radius 2 is 2.12 bits per heavy atom. The van der Waals surface area contributed by atoms with Gasteiger partial charge in [-0.15, -0.1) is 0 Å². The Morgan fingerprint density at radius 1 is 1.53 bits per heavy atom. The van der Waals surface area contributed by atoms with Crippen molar-refractivity contribution in [1.82, 2.24) is 0 Å². The van der Waals surface area contributed by atoms with Crippen molar-refractivity contribution in [3.05, 3.63) is 34.6 Å². The van der Waals surface area contributed by atoms with E-state index in [0.29, 0.717) is 0 Å². The van der Waals surface area contributed by atoms with Crippen molar-refractivity contribution >= 4 is 27.4 Å². The average molecular weight is 281 g/mol. The SMILES string of the molecule is CC(C(=O)O)S(=O)(=O)Cc1ccc(Cl)cc1F. The second-order valence-electron chi connectivity index (χ2n) is 3.52. The van der Waals surface area contributed by atoms with E-state index in [4.69, 9.17) is 16.7 Å². The number of sulfone groups is 1. The molecule has 94 valence electrons. The lowest BCUT2D eigenvalue weighted by Crippen LogP contribution is -2.28. The molecule has 0 aliphatic carbocycles. The van der Waals surface area contributed by atoms with Crippen LogP contribution in [0.2, 0.25) is 5.02 Å². The molecule has 0 aromatic heterocycles. The molecule has 1 atom stereocenters. The lowest BCUT2D eigenvalue weighted by Gasteiger charge is -2.09. The van der Waals surface area contributed by atoms with Gasteiger partial charge in [0.2, 0.25) is 0 Å². The summed E-state index contributed by atoms with van der Waals surface area (Å²) in [7, 11) is -3.93. The highest BCUT2D eigenvalue weighted by Gasteiger charge is 2.28. The fourth-order valence-electron chi connectivity index (χ4n) is 1.13. The van der Waals surface area contributed by atoms with Crippen LogP contribution in [0.25, 0.3) is 0 Å². The molecule has 7 heteroatoms. The molecule has 1 unspecified atom stereocenters. The fraction of sp³-hybridized carbons (Fsp3) is 0.300. The normalized spacial score (nSPS) is 13.4. The summed E-state index contributed by atoms with van der Waals surface area (Å²) in [5, 5.41) is 7.19. The first kappa shape index (κ1) is 13.9. The van der Waals surface area contributed by atoms with Crippen LogP contribution in [0.4, 0.5) is 4.39 Å². The van der Waals surface area contributed by atoms with E-state index in [1.54, 1.807) is 0 Å². The number of aliphatic carboxylic acids is 1. The lowest BCUT2D eigenvalue weighted by molar-refractivity contribution is -0.136. The predicted octanol–water partition coefficient (Wildman–Crippen LogP) is 1.87. The topological polar surface area (TPSA) is 71.4 Å². The number of carbonyl (C=O) groups is 1. The van der Waals surface area contributed by atoms with Gasteiger partial charge >= 0.3 is 5.97 Å². The number of hydrogen-bond donors (Lipinski definition) is 1. The summed E-state index contributed by atoms with van der Waals surface area (Å²) in [5.41, 5.74) is -0.0949. The molecule has 1 aromatic rings. The summed E-state index contributed by atoms with van der Waals surface area (Å²) in [6, 6.07) is 3.56. The van der Waals surface area contributed by atoms with Crippen LogP contribution in [-0.2, 0) is 20.4 Å². The monoisotopic (exact) mass is 280 g/mol. The van der Waals surface area contributed by atoms with E-state index in [0.717, 1.165) is 13.0 Å². The summed E-state index contributed by atoms with van der Waals surface area (Å²) >= 11 is 5.52. The average Bonchev–Trinajstić information content (AvgIpc) is 2.21. The molecule has 0 saturated carbocycles. The molecule has 0 heterocycles. The highest BCUT2D eigenvalue weighted by Crippen LogP contribution is 2.18. The van der Waals surface area contributed by atoms with Crippen LogP contribution in [0.1, 0.15) is 12.5 Å². The molecular formula is C10H10ClFO4S. The van der Waals surface area contributed by atoms with Crippen molar-refractivity contribution in [2.45, 2.75) is 17.9 Å². The number of benzene rings is 1. The fourth-order valence-corrected chi connectivity index (χ4v) is 2.52. The van der Waals surface area contributed by atoms with Crippen LogP contribution in [0, 0.1) is 5.82 Å². The molecule has 0 bridgehead atoms. The standard InChI is InChI=1S/C10H10ClFO4S/c1-6(10(13)14)17(15,16)5-7-2-3-8(11)4-9(7)12/h2-4,6H,5H2,1H3,(H,13,14). The molecule has 0 amide bonds. The first-order valence-corrected chi connectivity index (χ1v) is 6.71. The summed E-state index contributed by atoms with van der Waals surface area (Å²) in [4.78, 5) is 10.6. The van der Waals surface area contributed by atoms with Crippen molar-refractivity contribution in [2.24, 2.45) is 0 Å². The minimum atomic E-state index is -3.93. The summed E-state index contributed by atoms with van der Waals surface area (Å²) < 4.78 is 36.5. The van der Waals surface area contributed by atoms with E-state index in [1.807, 2.05) is 0 Å². The maximum absolute atomic E-state index is 13.3. The Kier molecular flexibility index (Phi) is 4.11. The van der Waals surface area contributed by atoms with Gasteiger partial charge in [-0.25, -0.2) is 12.8 Å². The molecular weight excluding hydrogens is 271 g/mol. The number of halogens is 2. The Labute approximate surface area is 103 Å². The van der Waals surface area contributed by atoms with Gasteiger partial charge in [0.15, 0.2) is 15.1 Å². The maximum atomic E-state index is 13.3. The van der Waals surface area contributed by atoms with Crippen molar-refractivity contribution in [3.8, 4) is 0 Å². The quantitative estimate of drug-likeness (QED) is 0.914. The van der Waals surface area contributed by atoms with E-state index in [9.17, 15) is 17.6 Å². The summed E-state index contributed by atoms with van der Waals surface area (Å²) in [5.74, 6) is -2.89. The number of rotatable bonds is 4. The van der Waals surface area contributed by atoms with Crippen molar-refractivity contribution in [1.29, 1.82) is 0 Å². The first-order chi connectivity index (χ1) is 7.74. The van der Waals surface area contributed by atoms with Gasteiger partial charge in [0.05, 0.1) is 5.75 Å². The summed E-state index contributed by atoms with van der Waals surface area (Å²) in [6.07, 6.45) is 0. The van der Waals surface area contributed by atoms with Gasteiger partial charge in [-0.05, 0) is 19.1 Å². The zero-order valence-electron chi connectivity index (χ0n) is 8.85. The van der Waals surface area contributed by atoms with Gasteiger partial charge in [-0.1, -0.05) is 17.7 Å². The Balaban J connectivity index is 3.02. The maximum Gasteiger partial charge on any atom is 0.321 e. The van der Waals surface area contributed by atoms with E-state index >= 15 is 0 Å². The number of carboxylic acid groups (broad SMARTS) is 1. The zero-order valence-corrected chi connectivity index (χ0v) is 10.4. The molecule has 1 aromatic carbocycles. The third kappa shape index (κ3) is 3.41. The molecule has 0 radical (unpaired) electrons. The third-order valence-corrected chi connectivity index (χ3v) is 4.49. The van der Waals surface area contributed by atoms with Crippen LogP contribution in [0.5, 0.6) is 0 Å². The number of hydrogen-bond acceptors (Lipinski definition) is 3. The number of carboxylic acids is 1. The molecule has 4 nitrogen and oxygen atoms in total. The smallest absolute Gasteiger partial charge is 0.321 e. The van der Waals surface area contributed by atoms with Gasteiger partial charge in [0, 0.05) is 10.6 Å². The van der Waals surface area contributed by atoms with Crippen LogP contribution in [0.15, 0.2) is 18.2 Å². The molecule has 0 spiro atoms. The van der Waals surface area contributed by atoms with E-state index < -0.39 is 32.6 Å². The molecule has 0 saturated heterocycles. The van der Waals surface area contributed by atoms with E-state index in [-0.39, 0.29) is 10.6 Å². The van der Waals surface area contributed by atoms with Crippen LogP contribution < -0.4 is 0 Å². The molecule has 0 aliphatic heterocycles. The van der Waals surface area contributed by atoms with Gasteiger partial charge in [0.25, 0.3) is 0 Å². The van der Waals surface area contributed by atoms with Gasteiger partial charge in [0.1, 0.15) is 5.82 Å². The first-order valence-electron chi connectivity index (χ1n) is 4.62. The molecule has 1 N–H and O–H groups in total. The minimum absolute atomic E-state index is 0.0949. The molecule has 0 fully saturated rings. The second kappa shape index (κ2) is 5.01. The van der Waals surface area contributed by atoms with Gasteiger partial charge in [-0.2, -0.15) is 0 Å². The van der Waals surface area contributed by atoms with Crippen LogP contribution in [-0.4, -0.2) is 24.7 Å². The lowest BCUT2D eigenvalue weighted by atomic mass is 10.2. The van der Waals surface area contributed by atoms with Gasteiger partial charge in [-0.3, -0.25) is 4.79 Å². The summed E-state index contributed by atoms with van der Waals surface area (Å²) in [6.45, 7) is 1.05.